The highest BCUT2D eigenvalue weighted by molar-refractivity contribution is 5.77. The number of amidine groups is 1. The molecule has 0 aromatic heterocycles. The fraction of sp³-hybridized carbons (Fsp3) is 0.889. The summed E-state index contributed by atoms with van der Waals surface area (Å²) in [6.45, 7) is 6.42. The third-order valence-corrected chi connectivity index (χ3v) is 2.56. The molecule has 0 heterocycles. The number of hydrogen-bond acceptors (Lipinski definition) is 1. The Kier molecular flexibility index (Phi) is 2.21. The highest BCUT2D eigenvalue weighted by Crippen LogP contribution is 2.39. The van der Waals surface area contributed by atoms with Gasteiger partial charge in [0.1, 0.15) is 0 Å². The van der Waals surface area contributed by atoms with Gasteiger partial charge in [0.25, 0.3) is 0 Å². The summed E-state index contributed by atoms with van der Waals surface area (Å²) in [7, 11) is 0. The van der Waals surface area contributed by atoms with Gasteiger partial charge in [-0.1, -0.05) is 20.3 Å². The van der Waals surface area contributed by atoms with Crippen LogP contribution in [0.1, 0.15) is 40.0 Å². The third kappa shape index (κ3) is 1.95. The van der Waals surface area contributed by atoms with E-state index in [1.54, 1.807) is 0 Å². The predicted molar refractivity (Wildman–Crippen MR) is 48.7 cm³/mol. The molecule has 2 heteroatoms. The molecule has 0 aliphatic heterocycles. The van der Waals surface area contributed by atoms with Crippen molar-refractivity contribution in [3.8, 4) is 0 Å². The molecule has 1 fully saturated rings. The molecule has 0 spiro atoms. The van der Waals surface area contributed by atoms with Gasteiger partial charge in [-0.15, -0.1) is 0 Å². The van der Waals surface area contributed by atoms with Crippen molar-refractivity contribution in [1.29, 1.82) is 0 Å². The topological polar surface area (TPSA) is 38.4 Å². The molecule has 0 aromatic carbocycles. The van der Waals surface area contributed by atoms with Crippen LogP contribution in [-0.2, 0) is 0 Å². The van der Waals surface area contributed by atoms with Gasteiger partial charge in [0, 0.05) is 0 Å². The van der Waals surface area contributed by atoms with Gasteiger partial charge in [-0.3, -0.25) is 4.99 Å². The van der Waals surface area contributed by atoms with Gasteiger partial charge >= 0.3 is 0 Å². The van der Waals surface area contributed by atoms with E-state index in [2.05, 4.69) is 18.8 Å². The minimum absolute atomic E-state index is 0.376. The molecule has 1 rings (SSSR count). The highest BCUT2D eigenvalue weighted by atomic mass is 14.9. The maximum atomic E-state index is 5.54. The number of rotatable bonds is 1. The smallest absolute Gasteiger partial charge is 0.0909 e. The monoisotopic (exact) mass is 154 g/mol. The summed E-state index contributed by atoms with van der Waals surface area (Å²) in [4.78, 5) is 4.42. The van der Waals surface area contributed by atoms with Crippen LogP contribution in [0, 0.1) is 5.41 Å². The Bertz CT molecular complexity index is 166. The van der Waals surface area contributed by atoms with Crippen LogP contribution in [0.5, 0.6) is 0 Å². The quantitative estimate of drug-likeness (QED) is 0.455. The molecule has 64 valence electrons. The number of aliphatic imine (C=N–C) groups is 1. The number of nitrogens with zero attached hydrogens (tertiary/aromatic N) is 1. The SMILES string of the molecule is CC(N)=NC1CCCC1(C)C. The van der Waals surface area contributed by atoms with E-state index in [0.29, 0.717) is 11.5 Å². The Labute approximate surface area is 68.9 Å². The van der Waals surface area contributed by atoms with Crippen molar-refractivity contribution < 1.29 is 0 Å². The summed E-state index contributed by atoms with van der Waals surface area (Å²) in [6.07, 6.45) is 3.80. The van der Waals surface area contributed by atoms with Crippen LogP contribution in [0.3, 0.4) is 0 Å². The molecule has 0 bridgehead atoms. The summed E-state index contributed by atoms with van der Waals surface area (Å²) in [6, 6.07) is 0.465. The molecule has 1 aliphatic carbocycles. The molecule has 1 atom stereocenters. The minimum Gasteiger partial charge on any atom is -0.388 e. The standard InChI is InChI=1S/C9H18N2/c1-7(10)11-8-5-4-6-9(8,2)3/h8H,4-6H2,1-3H3,(H2,10,11). The average Bonchev–Trinajstić information content (AvgIpc) is 2.10. The minimum atomic E-state index is 0.376. The Balaban J connectivity index is 2.66. The van der Waals surface area contributed by atoms with Crippen LogP contribution >= 0.6 is 0 Å². The van der Waals surface area contributed by atoms with Crippen LogP contribution in [0.25, 0.3) is 0 Å². The van der Waals surface area contributed by atoms with E-state index in [1.165, 1.54) is 19.3 Å². The van der Waals surface area contributed by atoms with E-state index in [9.17, 15) is 0 Å². The largest absolute Gasteiger partial charge is 0.388 e. The van der Waals surface area contributed by atoms with E-state index < -0.39 is 0 Å². The number of nitrogens with two attached hydrogens (primary N) is 1. The molecule has 0 saturated heterocycles. The first-order valence-electron chi connectivity index (χ1n) is 4.32. The number of hydrogen-bond donors (Lipinski definition) is 1. The van der Waals surface area contributed by atoms with Crippen molar-refractivity contribution in [2.45, 2.75) is 46.1 Å². The third-order valence-electron chi connectivity index (χ3n) is 2.56. The Hall–Kier alpha value is -0.530. The van der Waals surface area contributed by atoms with Crippen molar-refractivity contribution in [3.05, 3.63) is 0 Å². The maximum absolute atomic E-state index is 5.54. The van der Waals surface area contributed by atoms with E-state index in [1.807, 2.05) is 6.92 Å². The van der Waals surface area contributed by atoms with E-state index in [0.717, 1.165) is 5.84 Å². The molecule has 2 N–H and O–H groups in total. The second kappa shape index (κ2) is 2.84. The molecular weight excluding hydrogens is 136 g/mol. The van der Waals surface area contributed by atoms with Gasteiger partial charge in [0.15, 0.2) is 0 Å². The first-order chi connectivity index (χ1) is 5.02. The molecule has 0 amide bonds. The second-order valence-corrected chi connectivity index (χ2v) is 4.17. The summed E-state index contributed by atoms with van der Waals surface area (Å²) >= 11 is 0. The lowest BCUT2D eigenvalue weighted by molar-refractivity contribution is 0.334. The summed E-state index contributed by atoms with van der Waals surface area (Å²) in [5, 5.41) is 0. The molecule has 1 unspecified atom stereocenters. The van der Waals surface area contributed by atoms with Crippen molar-refractivity contribution in [2.24, 2.45) is 16.1 Å². The molecule has 0 radical (unpaired) electrons. The molecule has 11 heavy (non-hydrogen) atoms. The van der Waals surface area contributed by atoms with Gasteiger partial charge in [0.05, 0.1) is 11.9 Å². The molecule has 0 aromatic rings. The van der Waals surface area contributed by atoms with Crippen molar-refractivity contribution >= 4 is 5.84 Å². The van der Waals surface area contributed by atoms with Crippen LogP contribution in [-0.4, -0.2) is 11.9 Å². The lowest BCUT2D eigenvalue weighted by Crippen LogP contribution is -2.23. The highest BCUT2D eigenvalue weighted by Gasteiger charge is 2.33. The lowest BCUT2D eigenvalue weighted by Gasteiger charge is -2.23. The van der Waals surface area contributed by atoms with Gasteiger partial charge in [-0.2, -0.15) is 0 Å². The van der Waals surface area contributed by atoms with E-state index in [-0.39, 0.29) is 0 Å². The zero-order chi connectivity index (χ0) is 8.48. The molecule has 1 aliphatic rings. The molecule has 1 saturated carbocycles. The van der Waals surface area contributed by atoms with Crippen molar-refractivity contribution in [3.63, 3.8) is 0 Å². The van der Waals surface area contributed by atoms with Crippen molar-refractivity contribution in [2.75, 3.05) is 0 Å². The lowest BCUT2D eigenvalue weighted by atomic mass is 9.88. The van der Waals surface area contributed by atoms with E-state index >= 15 is 0 Å². The van der Waals surface area contributed by atoms with Crippen LogP contribution in [0.15, 0.2) is 4.99 Å². The van der Waals surface area contributed by atoms with Crippen molar-refractivity contribution in [1.82, 2.24) is 0 Å². The fourth-order valence-corrected chi connectivity index (χ4v) is 1.79. The van der Waals surface area contributed by atoms with Gasteiger partial charge in [-0.25, -0.2) is 0 Å². The normalized spacial score (nSPS) is 30.8. The first kappa shape index (κ1) is 8.57. The first-order valence-corrected chi connectivity index (χ1v) is 4.32. The Morgan fingerprint density at radius 3 is 2.55 bits per heavy atom. The maximum Gasteiger partial charge on any atom is 0.0909 e. The zero-order valence-corrected chi connectivity index (χ0v) is 7.72. The van der Waals surface area contributed by atoms with Crippen LogP contribution in [0.2, 0.25) is 0 Å². The molecule has 2 nitrogen and oxygen atoms in total. The summed E-state index contributed by atoms with van der Waals surface area (Å²) in [5.41, 5.74) is 5.92. The van der Waals surface area contributed by atoms with Crippen LogP contribution in [0.4, 0.5) is 0 Å². The summed E-state index contributed by atoms with van der Waals surface area (Å²) < 4.78 is 0. The second-order valence-electron chi connectivity index (χ2n) is 4.17. The molecular formula is C9H18N2. The van der Waals surface area contributed by atoms with Gasteiger partial charge in [0.2, 0.25) is 0 Å². The van der Waals surface area contributed by atoms with Gasteiger partial charge < -0.3 is 5.73 Å². The van der Waals surface area contributed by atoms with Gasteiger partial charge in [-0.05, 0) is 25.2 Å². The Morgan fingerprint density at radius 1 is 1.55 bits per heavy atom. The summed E-state index contributed by atoms with van der Waals surface area (Å²) in [5.74, 6) is 0.727. The zero-order valence-electron chi connectivity index (χ0n) is 7.72. The average molecular weight is 154 g/mol. The fourth-order valence-electron chi connectivity index (χ4n) is 1.79. The van der Waals surface area contributed by atoms with Crippen LogP contribution < -0.4 is 5.73 Å². The predicted octanol–water partition coefficient (Wildman–Crippen LogP) is 1.94. The van der Waals surface area contributed by atoms with E-state index in [4.69, 9.17) is 5.73 Å². The Morgan fingerprint density at radius 2 is 2.18 bits per heavy atom.